The van der Waals surface area contributed by atoms with Crippen LogP contribution in [0.2, 0.25) is 4.34 Å². The maximum Gasteiger partial charge on any atom is 0.332 e. The van der Waals surface area contributed by atoms with Crippen molar-refractivity contribution in [1.82, 2.24) is 4.98 Å². The van der Waals surface area contributed by atoms with Crippen LogP contribution in [0.3, 0.4) is 0 Å². The number of nitrogens with two attached hydrogens (primary N) is 1. The highest BCUT2D eigenvalue weighted by Crippen LogP contribution is 2.26. The van der Waals surface area contributed by atoms with Gasteiger partial charge in [0, 0.05) is 6.92 Å². The number of nitrogen functional groups attached to an aromatic ring is 1. The molecule has 0 saturated carbocycles. The van der Waals surface area contributed by atoms with E-state index in [1.807, 2.05) is 0 Å². The Morgan fingerprint density at radius 1 is 1.56 bits per heavy atom. The van der Waals surface area contributed by atoms with Crippen molar-refractivity contribution in [3.8, 4) is 0 Å². The van der Waals surface area contributed by atoms with E-state index < -0.39 is 11.2 Å². The monoisotopic (exact) mass is 281 g/mol. The molecule has 1 rings (SSSR count). The molecule has 9 heteroatoms. The molecule has 0 saturated heterocycles. The first-order valence-electron chi connectivity index (χ1n) is 3.79. The molecule has 0 aliphatic heterocycles. The Morgan fingerprint density at radius 2 is 2.19 bits per heavy atom. The molecule has 0 unspecified atom stereocenters. The summed E-state index contributed by atoms with van der Waals surface area (Å²) in [6.45, 7) is 1.12. The fourth-order valence-corrected chi connectivity index (χ4v) is 1.80. The molecule has 16 heavy (non-hydrogen) atoms. The van der Waals surface area contributed by atoms with Gasteiger partial charge in [-0.05, 0) is 11.6 Å². The molecule has 0 aliphatic rings. The average Bonchev–Trinajstić information content (AvgIpc) is 2.45. The molecular weight excluding hydrogens is 277 g/mol. The van der Waals surface area contributed by atoms with Gasteiger partial charge in [0.05, 0.1) is 0 Å². The third kappa shape index (κ3) is 3.16. The average molecular weight is 282 g/mol. The number of aromatic nitrogens is 1. The molecule has 0 fully saturated rings. The summed E-state index contributed by atoms with van der Waals surface area (Å²) in [7, 11) is 0. The second-order valence-corrected chi connectivity index (χ2v) is 4.45. The van der Waals surface area contributed by atoms with Crippen molar-refractivity contribution in [3.63, 3.8) is 0 Å². The minimum Gasteiger partial charge on any atom is -0.375 e. The summed E-state index contributed by atoms with van der Waals surface area (Å²) in [5.41, 5.74) is 5.00. The second-order valence-electron chi connectivity index (χ2n) is 2.47. The molecule has 1 aromatic heterocycles. The summed E-state index contributed by atoms with van der Waals surface area (Å²) in [6, 6.07) is 0. The molecule has 86 valence electrons. The fourth-order valence-electron chi connectivity index (χ4n) is 0.745. The van der Waals surface area contributed by atoms with Gasteiger partial charge in [0.25, 0.3) is 5.24 Å². The molecule has 2 N–H and O–H groups in total. The molecule has 1 aromatic rings. The van der Waals surface area contributed by atoms with Crippen LogP contribution >= 0.6 is 34.5 Å². The smallest absolute Gasteiger partial charge is 0.332 e. The standard InChI is InChI=1S/C7H5Cl2N3O3S/c1-2(13)15-12-3(5(8)14)4-6(9)16-7(10)11-4/h1H3,(H2,10,11)/b12-3-. The quantitative estimate of drug-likeness (QED) is 0.391. The van der Waals surface area contributed by atoms with Crippen molar-refractivity contribution in [2.75, 3.05) is 5.73 Å². The third-order valence-corrected chi connectivity index (χ3v) is 2.54. The van der Waals surface area contributed by atoms with Crippen LogP contribution in [0.25, 0.3) is 0 Å². The first kappa shape index (κ1) is 12.9. The van der Waals surface area contributed by atoms with Gasteiger partial charge >= 0.3 is 5.97 Å². The minimum atomic E-state index is -0.951. The van der Waals surface area contributed by atoms with Crippen LogP contribution in [0.15, 0.2) is 5.16 Å². The van der Waals surface area contributed by atoms with Crippen LogP contribution in [0, 0.1) is 0 Å². The number of halogens is 2. The molecule has 0 amide bonds. The number of carbonyl (C=O) groups is 2. The summed E-state index contributed by atoms with van der Waals surface area (Å²) in [4.78, 5) is 29.6. The third-order valence-electron chi connectivity index (χ3n) is 1.28. The number of thiazole rings is 1. The zero-order valence-electron chi connectivity index (χ0n) is 7.86. The number of hydrogen-bond acceptors (Lipinski definition) is 7. The molecule has 0 radical (unpaired) electrons. The molecule has 0 spiro atoms. The summed E-state index contributed by atoms with van der Waals surface area (Å²) < 4.78 is 0.136. The second kappa shape index (κ2) is 5.24. The molecule has 0 bridgehead atoms. The van der Waals surface area contributed by atoms with E-state index >= 15 is 0 Å². The Hall–Kier alpha value is -1.18. The number of carbonyl (C=O) groups excluding carboxylic acids is 2. The van der Waals surface area contributed by atoms with Gasteiger partial charge in [-0.3, -0.25) is 4.79 Å². The maximum absolute atomic E-state index is 11.0. The minimum absolute atomic E-state index is 0.00887. The first-order chi connectivity index (χ1) is 7.41. The topological polar surface area (TPSA) is 94.6 Å². The molecule has 0 aliphatic carbocycles. The van der Waals surface area contributed by atoms with E-state index in [1.54, 1.807) is 0 Å². The van der Waals surface area contributed by atoms with Crippen molar-refractivity contribution in [2.45, 2.75) is 6.92 Å². The lowest BCUT2D eigenvalue weighted by molar-refractivity contribution is -0.140. The van der Waals surface area contributed by atoms with E-state index in [-0.39, 0.29) is 20.9 Å². The summed E-state index contributed by atoms with van der Waals surface area (Å²) in [5, 5.41) is 2.45. The van der Waals surface area contributed by atoms with Crippen molar-refractivity contribution < 1.29 is 14.4 Å². The van der Waals surface area contributed by atoms with Gasteiger partial charge in [-0.15, -0.1) is 0 Å². The van der Waals surface area contributed by atoms with Crippen LogP contribution in [0.1, 0.15) is 12.6 Å². The fraction of sp³-hybridized carbons (Fsp3) is 0.143. The van der Waals surface area contributed by atoms with Gasteiger partial charge in [0.15, 0.2) is 10.8 Å². The van der Waals surface area contributed by atoms with Crippen LogP contribution in [0.5, 0.6) is 0 Å². The van der Waals surface area contributed by atoms with Crippen molar-refractivity contribution >= 4 is 56.6 Å². The van der Waals surface area contributed by atoms with Crippen molar-refractivity contribution in [3.05, 3.63) is 10.0 Å². The highest BCUT2D eigenvalue weighted by molar-refractivity contribution is 7.19. The van der Waals surface area contributed by atoms with E-state index in [1.165, 1.54) is 0 Å². The Labute approximate surface area is 104 Å². The summed E-state index contributed by atoms with van der Waals surface area (Å²) in [6.07, 6.45) is 0. The number of hydrogen-bond donors (Lipinski definition) is 1. The van der Waals surface area contributed by atoms with Crippen molar-refractivity contribution in [2.24, 2.45) is 5.16 Å². The zero-order valence-corrected chi connectivity index (χ0v) is 10.2. The molecular formula is C7H5Cl2N3O3S. The van der Waals surface area contributed by atoms with Crippen molar-refractivity contribution in [1.29, 1.82) is 0 Å². The highest BCUT2D eigenvalue weighted by atomic mass is 35.5. The molecule has 6 nitrogen and oxygen atoms in total. The Bertz CT molecular complexity index is 471. The van der Waals surface area contributed by atoms with Gasteiger partial charge in [-0.1, -0.05) is 28.1 Å². The number of anilines is 1. The lowest BCUT2D eigenvalue weighted by Gasteiger charge is -1.96. The molecule has 0 atom stereocenters. The number of oxime groups is 1. The van der Waals surface area contributed by atoms with Gasteiger partial charge < -0.3 is 10.6 Å². The maximum atomic E-state index is 11.0. The van der Waals surface area contributed by atoms with E-state index in [2.05, 4.69) is 15.0 Å². The molecule has 0 aromatic carbocycles. The predicted octanol–water partition coefficient (Wildman–Crippen LogP) is 1.41. The van der Waals surface area contributed by atoms with E-state index in [4.69, 9.17) is 28.9 Å². The highest BCUT2D eigenvalue weighted by Gasteiger charge is 2.21. The first-order valence-corrected chi connectivity index (χ1v) is 5.36. The van der Waals surface area contributed by atoms with E-state index in [0.717, 1.165) is 18.3 Å². The van der Waals surface area contributed by atoms with Gasteiger partial charge in [-0.2, -0.15) is 0 Å². The van der Waals surface area contributed by atoms with Crippen LogP contribution in [-0.2, 0) is 14.4 Å². The van der Waals surface area contributed by atoms with E-state index in [0.29, 0.717) is 0 Å². The van der Waals surface area contributed by atoms with Gasteiger partial charge in [0.1, 0.15) is 10.0 Å². The SMILES string of the molecule is CC(=O)O/N=C(\C(=O)Cl)c1nc(N)sc1Cl. The normalized spacial score (nSPS) is 11.3. The van der Waals surface area contributed by atoms with Gasteiger partial charge in [0.2, 0.25) is 0 Å². The number of rotatable bonds is 3. The predicted molar refractivity (Wildman–Crippen MR) is 60.7 cm³/mol. The Morgan fingerprint density at radius 3 is 2.56 bits per heavy atom. The Kier molecular flexibility index (Phi) is 4.22. The number of nitrogens with zero attached hydrogens (tertiary/aromatic N) is 2. The zero-order chi connectivity index (χ0) is 12.3. The lowest BCUT2D eigenvalue weighted by Crippen LogP contribution is -2.12. The van der Waals surface area contributed by atoms with Crippen LogP contribution in [0.4, 0.5) is 5.13 Å². The van der Waals surface area contributed by atoms with Gasteiger partial charge in [-0.25, -0.2) is 9.78 Å². The van der Waals surface area contributed by atoms with E-state index in [9.17, 15) is 9.59 Å². The van der Waals surface area contributed by atoms with Crippen LogP contribution in [-0.4, -0.2) is 21.9 Å². The lowest BCUT2D eigenvalue weighted by atomic mass is 10.3. The Balaban J connectivity index is 3.12. The largest absolute Gasteiger partial charge is 0.375 e. The summed E-state index contributed by atoms with van der Waals surface area (Å²) >= 11 is 11.9. The molecule has 1 heterocycles. The van der Waals surface area contributed by atoms with Crippen LogP contribution < -0.4 is 5.73 Å². The summed E-state index contributed by atoms with van der Waals surface area (Å²) in [5.74, 6) is -0.699.